The molecule has 2 N–H and O–H groups in total. The van der Waals surface area contributed by atoms with Crippen molar-refractivity contribution < 1.29 is 19.1 Å². The molecular weight excluding hydrogens is 216 g/mol. The first kappa shape index (κ1) is 11.2. The molecule has 0 fully saturated rings. The van der Waals surface area contributed by atoms with Crippen LogP contribution in [0.5, 0.6) is 11.5 Å². The molecule has 0 atom stereocenters. The highest BCUT2D eigenvalue weighted by molar-refractivity contribution is 6.25. The van der Waals surface area contributed by atoms with Gasteiger partial charge in [-0.3, -0.25) is 0 Å². The van der Waals surface area contributed by atoms with E-state index in [2.05, 4.69) is 0 Å². The van der Waals surface area contributed by atoms with Crippen LogP contribution in [0.25, 0.3) is 0 Å². The normalized spacial score (nSPS) is 11.6. The molecule has 0 aliphatic carbocycles. The third kappa shape index (κ3) is 3.92. The summed E-state index contributed by atoms with van der Waals surface area (Å²) in [6, 6.07) is 7.21. The van der Waals surface area contributed by atoms with Gasteiger partial charge in [0, 0.05) is 6.07 Å². The van der Waals surface area contributed by atoms with Crippen LogP contribution in [-0.4, -0.2) is 41.6 Å². The Kier molecular flexibility index (Phi) is 5.30. The van der Waals surface area contributed by atoms with Crippen LogP contribution in [0.4, 0.5) is 0 Å². The number of hydrogen-bond donors (Lipinski definition) is 2. The van der Waals surface area contributed by atoms with Crippen molar-refractivity contribution in [2.45, 2.75) is 0 Å². The minimum Gasteiger partial charge on any atom is -0.495 e. The van der Waals surface area contributed by atoms with E-state index in [4.69, 9.17) is 19.1 Å². The maximum absolute atomic E-state index is 8.69. The van der Waals surface area contributed by atoms with Gasteiger partial charge in [0.1, 0.15) is 11.5 Å². The van der Waals surface area contributed by atoms with E-state index in [0.717, 1.165) is 0 Å². The molecule has 0 heterocycles. The molecule has 78 valence electrons. The number of rotatable bonds is 6. The Bertz CT molecular complexity index is 246. The van der Waals surface area contributed by atoms with Gasteiger partial charge in [-0.25, -0.2) is 0 Å². The largest absolute Gasteiger partial charge is 0.495 e. The maximum Gasteiger partial charge on any atom is 0.196 e. The molecule has 0 aromatic heterocycles. The number of benzene rings is 1. The van der Waals surface area contributed by atoms with Crippen LogP contribution in [0.3, 0.4) is 0 Å². The fourth-order valence-electron chi connectivity index (χ4n) is 0.981. The molecule has 0 aliphatic rings. The summed E-state index contributed by atoms with van der Waals surface area (Å²) in [5, 5.41) is 0. The number of hydrogen-bond acceptors (Lipinski definition) is 4. The first-order valence-corrected chi connectivity index (χ1v) is 7.70. The quantitative estimate of drug-likeness (QED) is 0.585. The molecule has 0 bridgehead atoms. The summed E-state index contributed by atoms with van der Waals surface area (Å²) < 4.78 is 10.5. The van der Waals surface area contributed by atoms with Crippen molar-refractivity contribution in [1.82, 2.24) is 0 Å². The van der Waals surface area contributed by atoms with Crippen LogP contribution in [0.1, 0.15) is 0 Å². The molecule has 0 amide bonds. The van der Waals surface area contributed by atoms with Crippen molar-refractivity contribution in [3.63, 3.8) is 0 Å². The van der Waals surface area contributed by atoms with E-state index >= 15 is 0 Å². The molecule has 14 heavy (non-hydrogen) atoms. The molecule has 6 heteroatoms. The zero-order chi connectivity index (χ0) is 10.2. The Morgan fingerprint density at radius 2 is 1.50 bits per heavy atom. The fraction of sp³-hybridized carbons (Fsp3) is 0.250. The third-order valence-corrected chi connectivity index (χ3v) is 2.30. The van der Waals surface area contributed by atoms with Crippen LogP contribution >= 0.6 is 0 Å². The standard InChI is InChI=1S/C8H14O4Si2/c9-13-5-11-7-2-1-3-8(4-7)12-6-14-10/h1-4,9-10H,5-6,13-14H2. The van der Waals surface area contributed by atoms with Crippen molar-refractivity contribution in [3.8, 4) is 11.5 Å². The van der Waals surface area contributed by atoms with Gasteiger partial charge in [-0.2, -0.15) is 0 Å². The monoisotopic (exact) mass is 230 g/mol. The first-order chi connectivity index (χ1) is 6.86. The predicted molar refractivity (Wildman–Crippen MR) is 59.0 cm³/mol. The van der Waals surface area contributed by atoms with E-state index < -0.39 is 19.5 Å². The van der Waals surface area contributed by atoms with E-state index in [-0.39, 0.29) is 0 Å². The zero-order valence-electron chi connectivity index (χ0n) is 7.85. The molecule has 0 aliphatic heterocycles. The van der Waals surface area contributed by atoms with Crippen molar-refractivity contribution in [1.29, 1.82) is 0 Å². The summed E-state index contributed by atoms with van der Waals surface area (Å²) in [4.78, 5) is 17.4. The van der Waals surface area contributed by atoms with Gasteiger partial charge >= 0.3 is 0 Å². The second kappa shape index (κ2) is 6.60. The smallest absolute Gasteiger partial charge is 0.196 e. The van der Waals surface area contributed by atoms with Crippen LogP contribution < -0.4 is 9.47 Å². The van der Waals surface area contributed by atoms with Gasteiger partial charge in [-0.05, 0) is 12.1 Å². The predicted octanol–water partition coefficient (Wildman–Crippen LogP) is -1.49. The Morgan fingerprint density at radius 3 is 1.93 bits per heavy atom. The minimum atomic E-state index is -1.05. The van der Waals surface area contributed by atoms with Crippen LogP contribution in [-0.2, 0) is 0 Å². The molecule has 4 nitrogen and oxygen atoms in total. The molecule has 1 rings (SSSR count). The van der Waals surface area contributed by atoms with Gasteiger partial charge in [0.05, 0.1) is 12.5 Å². The van der Waals surface area contributed by atoms with Gasteiger partial charge < -0.3 is 19.1 Å². The Morgan fingerprint density at radius 1 is 1.00 bits per heavy atom. The van der Waals surface area contributed by atoms with Gasteiger partial charge in [-0.1, -0.05) is 6.07 Å². The molecule has 0 unspecified atom stereocenters. The van der Waals surface area contributed by atoms with Gasteiger partial charge in [-0.15, -0.1) is 0 Å². The first-order valence-electron chi connectivity index (χ1n) is 4.44. The van der Waals surface area contributed by atoms with Gasteiger partial charge in [0.15, 0.2) is 19.5 Å². The van der Waals surface area contributed by atoms with E-state index in [1.165, 1.54) is 0 Å². The minimum absolute atomic E-state index is 0.415. The van der Waals surface area contributed by atoms with Crippen molar-refractivity contribution in [2.24, 2.45) is 0 Å². The van der Waals surface area contributed by atoms with Crippen molar-refractivity contribution in [2.75, 3.05) is 12.5 Å². The second-order valence-electron chi connectivity index (χ2n) is 2.62. The van der Waals surface area contributed by atoms with Crippen molar-refractivity contribution >= 4 is 19.5 Å². The van der Waals surface area contributed by atoms with Crippen LogP contribution in [0, 0.1) is 0 Å². The van der Waals surface area contributed by atoms with Gasteiger partial charge in [0.2, 0.25) is 0 Å². The molecule has 1 aromatic carbocycles. The van der Waals surface area contributed by atoms with Gasteiger partial charge in [0.25, 0.3) is 0 Å². The Hall–Kier alpha value is -0.826. The van der Waals surface area contributed by atoms with Crippen LogP contribution in [0.2, 0.25) is 0 Å². The Balaban J connectivity index is 2.50. The SMILES string of the molecule is O[SiH2]COc1cccc(OC[SiH2]O)c1. The highest BCUT2D eigenvalue weighted by Gasteiger charge is 1.97. The Labute approximate surface area is 87.4 Å². The van der Waals surface area contributed by atoms with E-state index in [1.54, 1.807) is 6.07 Å². The summed E-state index contributed by atoms with van der Waals surface area (Å²) in [6.45, 7) is 0. The molecule has 1 aromatic rings. The van der Waals surface area contributed by atoms with E-state index in [1.807, 2.05) is 18.2 Å². The third-order valence-electron chi connectivity index (χ3n) is 1.53. The zero-order valence-corrected chi connectivity index (χ0v) is 10.7. The average Bonchev–Trinajstić information content (AvgIpc) is 2.24. The molecule has 0 radical (unpaired) electrons. The summed E-state index contributed by atoms with van der Waals surface area (Å²) in [5.41, 5.74) is 0. The second-order valence-corrected chi connectivity index (χ2v) is 4.33. The lowest BCUT2D eigenvalue weighted by Crippen LogP contribution is -2.07. The highest BCUT2D eigenvalue weighted by atomic mass is 28.2. The molecule has 0 spiro atoms. The lowest BCUT2D eigenvalue weighted by molar-refractivity contribution is 0.349. The fourth-order valence-corrected chi connectivity index (χ4v) is 1.63. The highest BCUT2D eigenvalue weighted by Crippen LogP contribution is 2.18. The molecule has 0 saturated carbocycles. The summed E-state index contributed by atoms with van der Waals surface area (Å²) in [6.07, 6.45) is 0.830. The lowest BCUT2D eigenvalue weighted by atomic mass is 10.3. The van der Waals surface area contributed by atoms with Crippen LogP contribution in [0.15, 0.2) is 24.3 Å². The topological polar surface area (TPSA) is 58.9 Å². The summed E-state index contributed by atoms with van der Waals surface area (Å²) in [7, 11) is -2.11. The number of ether oxygens (including phenoxy) is 2. The summed E-state index contributed by atoms with van der Waals surface area (Å²) in [5.74, 6) is 1.40. The van der Waals surface area contributed by atoms with Crippen molar-refractivity contribution in [3.05, 3.63) is 24.3 Å². The summed E-state index contributed by atoms with van der Waals surface area (Å²) >= 11 is 0. The molecule has 0 saturated heterocycles. The van der Waals surface area contributed by atoms with E-state index in [9.17, 15) is 0 Å². The maximum atomic E-state index is 8.69. The average molecular weight is 230 g/mol. The van der Waals surface area contributed by atoms with E-state index in [0.29, 0.717) is 24.0 Å². The molecular formula is C8H14O4Si2. The lowest BCUT2D eigenvalue weighted by Gasteiger charge is -2.07.